The first-order valence-corrected chi connectivity index (χ1v) is 7.50. The minimum Gasteiger partial charge on any atom is -0.316 e. The van der Waals surface area contributed by atoms with Crippen LogP contribution in [0.15, 0.2) is 59.7 Å². The number of carbonyl (C=O) groups is 2. The first-order valence-electron chi connectivity index (χ1n) is 7.50. The van der Waals surface area contributed by atoms with Gasteiger partial charge in [0.15, 0.2) is 5.54 Å². The van der Waals surface area contributed by atoms with E-state index in [9.17, 15) is 9.59 Å². The Labute approximate surface area is 128 Å². The van der Waals surface area contributed by atoms with Gasteiger partial charge in [0.25, 0.3) is 5.91 Å². The number of benzene rings is 1. The Bertz CT molecular complexity index is 773. The van der Waals surface area contributed by atoms with Crippen LogP contribution in [0.3, 0.4) is 0 Å². The highest BCUT2D eigenvalue weighted by atomic mass is 16.2. The first-order chi connectivity index (χ1) is 10.7. The van der Waals surface area contributed by atoms with Gasteiger partial charge in [0.2, 0.25) is 0 Å². The van der Waals surface area contributed by atoms with Crippen molar-refractivity contribution >= 4 is 11.9 Å². The highest BCUT2D eigenvalue weighted by Gasteiger charge is 2.52. The van der Waals surface area contributed by atoms with E-state index in [-0.39, 0.29) is 5.91 Å². The lowest BCUT2D eigenvalue weighted by molar-refractivity contribution is -0.123. The normalized spacial score (nSPS) is 26.2. The molecule has 0 aromatic heterocycles. The molecule has 3 amide bonds. The molecule has 0 bridgehead atoms. The third-order valence-electron chi connectivity index (χ3n) is 4.58. The van der Waals surface area contributed by atoms with Gasteiger partial charge in [-0.2, -0.15) is 0 Å². The summed E-state index contributed by atoms with van der Waals surface area (Å²) in [5.41, 5.74) is 2.88. The van der Waals surface area contributed by atoms with E-state index in [2.05, 4.69) is 22.8 Å². The van der Waals surface area contributed by atoms with Gasteiger partial charge in [0.1, 0.15) is 0 Å². The Kier molecular flexibility index (Phi) is 2.79. The minimum atomic E-state index is -1.11. The molecule has 4 nitrogen and oxygen atoms in total. The van der Waals surface area contributed by atoms with Crippen molar-refractivity contribution in [1.82, 2.24) is 10.6 Å². The second kappa shape index (κ2) is 4.70. The molecule has 4 heteroatoms. The van der Waals surface area contributed by atoms with Crippen molar-refractivity contribution in [1.29, 1.82) is 0 Å². The number of allylic oxidation sites excluding steroid dienone is 4. The molecular formula is C18H16N2O2. The van der Waals surface area contributed by atoms with Crippen LogP contribution in [0.2, 0.25) is 0 Å². The number of fused-ring (bicyclic) bond motifs is 4. The van der Waals surface area contributed by atoms with Gasteiger partial charge >= 0.3 is 6.03 Å². The monoisotopic (exact) mass is 292 g/mol. The van der Waals surface area contributed by atoms with Crippen LogP contribution >= 0.6 is 0 Å². The van der Waals surface area contributed by atoms with Crippen LogP contribution in [-0.2, 0) is 16.8 Å². The van der Waals surface area contributed by atoms with E-state index >= 15 is 0 Å². The molecule has 0 unspecified atom stereocenters. The fraction of sp³-hybridized carbons (Fsp3) is 0.222. The third kappa shape index (κ3) is 1.70. The molecule has 2 N–H and O–H groups in total. The lowest BCUT2D eigenvalue weighted by atomic mass is 9.73. The maximum absolute atomic E-state index is 12.8. The predicted molar refractivity (Wildman–Crippen MR) is 83.0 cm³/mol. The van der Waals surface area contributed by atoms with Gasteiger partial charge < -0.3 is 5.32 Å². The molecule has 4 rings (SSSR count). The minimum absolute atomic E-state index is 0.292. The van der Waals surface area contributed by atoms with Crippen LogP contribution in [0, 0.1) is 0 Å². The van der Waals surface area contributed by atoms with E-state index in [1.165, 1.54) is 0 Å². The van der Waals surface area contributed by atoms with E-state index in [1.807, 2.05) is 36.4 Å². The van der Waals surface area contributed by atoms with E-state index < -0.39 is 11.6 Å². The molecule has 1 atom stereocenters. The number of urea groups is 1. The van der Waals surface area contributed by atoms with Crippen LogP contribution in [0.5, 0.6) is 0 Å². The topological polar surface area (TPSA) is 58.2 Å². The highest BCUT2D eigenvalue weighted by Crippen LogP contribution is 2.42. The predicted octanol–water partition coefficient (Wildman–Crippen LogP) is 2.48. The number of rotatable bonds is 0. The molecule has 1 aromatic rings. The van der Waals surface area contributed by atoms with Crippen molar-refractivity contribution in [2.75, 3.05) is 0 Å². The second-order valence-corrected chi connectivity index (χ2v) is 5.80. The fourth-order valence-corrected chi connectivity index (χ4v) is 3.62. The summed E-state index contributed by atoms with van der Waals surface area (Å²) < 4.78 is 0. The van der Waals surface area contributed by atoms with Crippen molar-refractivity contribution in [3.63, 3.8) is 0 Å². The molecule has 1 saturated heterocycles. The molecule has 1 fully saturated rings. The molecule has 22 heavy (non-hydrogen) atoms. The standard InChI is InChI=1S/C18H16N2O2/c21-16-18(20-17(22)19-16)14-10-3-1-6-12(14)8-5-9-13-7-2-4-11-15(13)18/h1-4,6,9-11H,5,7-8H2,(H2,19,20,21,22)/t18-/m1/s1. The number of aryl methyl sites for hydroxylation is 1. The average Bonchev–Trinajstić information content (AvgIpc) is 2.82. The van der Waals surface area contributed by atoms with Crippen LogP contribution < -0.4 is 10.6 Å². The molecule has 2 aliphatic carbocycles. The quantitative estimate of drug-likeness (QED) is 0.722. The van der Waals surface area contributed by atoms with Crippen LogP contribution in [-0.4, -0.2) is 11.9 Å². The largest absolute Gasteiger partial charge is 0.322 e. The molecule has 1 spiro atoms. The number of imide groups is 1. The fourth-order valence-electron chi connectivity index (χ4n) is 3.62. The zero-order valence-electron chi connectivity index (χ0n) is 12.1. The summed E-state index contributed by atoms with van der Waals surface area (Å²) >= 11 is 0. The lowest BCUT2D eigenvalue weighted by Crippen LogP contribution is -2.47. The van der Waals surface area contributed by atoms with E-state index in [0.29, 0.717) is 0 Å². The molecule has 0 saturated carbocycles. The number of hydrogen-bond acceptors (Lipinski definition) is 2. The molecular weight excluding hydrogens is 276 g/mol. The van der Waals surface area contributed by atoms with E-state index in [4.69, 9.17) is 0 Å². The number of carbonyl (C=O) groups excluding carboxylic acids is 2. The Morgan fingerprint density at radius 1 is 1.14 bits per heavy atom. The van der Waals surface area contributed by atoms with Crippen molar-refractivity contribution in [2.45, 2.75) is 24.8 Å². The van der Waals surface area contributed by atoms with Crippen molar-refractivity contribution in [2.24, 2.45) is 0 Å². The number of amides is 3. The molecule has 1 aromatic carbocycles. The van der Waals surface area contributed by atoms with E-state index in [0.717, 1.165) is 41.5 Å². The van der Waals surface area contributed by atoms with Gasteiger partial charge in [0.05, 0.1) is 0 Å². The highest BCUT2D eigenvalue weighted by molar-refractivity contribution is 6.10. The number of hydrogen-bond donors (Lipinski definition) is 2. The van der Waals surface area contributed by atoms with Crippen molar-refractivity contribution in [3.05, 3.63) is 70.8 Å². The Hall–Kier alpha value is -2.62. The van der Waals surface area contributed by atoms with Crippen LogP contribution in [0.1, 0.15) is 24.0 Å². The number of nitrogens with one attached hydrogen (secondary N) is 2. The summed E-state index contributed by atoms with van der Waals surface area (Å²) in [6.07, 6.45) is 10.7. The first kappa shape index (κ1) is 13.1. The summed E-state index contributed by atoms with van der Waals surface area (Å²) in [6, 6.07) is 7.44. The van der Waals surface area contributed by atoms with Crippen LogP contribution in [0.4, 0.5) is 4.79 Å². The summed E-state index contributed by atoms with van der Waals surface area (Å²) in [5, 5.41) is 5.32. The van der Waals surface area contributed by atoms with Crippen molar-refractivity contribution < 1.29 is 9.59 Å². The zero-order valence-corrected chi connectivity index (χ0v) is 12.1. The average molecular weight is 292 g/mol. The lowest BCUT2D eigenvalue weighted by Gasteiger charge is -2.35. The van der Waals surface area contributed by atoms with Gasteiger partial charge in [-0.25, -0.2) is 4.79 Å². The maximum atomic E-state index is 12.8. The third-order valence-corrected chi connectivity index (χ3v) is 4.58. The Morgan fingerprint density at radius 3 is 2.82 bits per heavy atom. The smallest absolute Gasteiger partial charge is 0.316 e. The Balaban J connectivity index is 2.03. The van der Waals surface area contributed by atoms with Gasteiger partial charge in [-0.3, -0.25) is 10.1 Å². The molecule has 0 radical (unpaired) electrons. The summed E-state index contributed by atoms with van der Waals surface area (Å²) in [7, 11) is 0. The summed E-state index contributed by atoms with van der Waals surface area (Å²) in [6.45, 7) is 0. The SMILES string of the molecule is O=C1NC(=O)[C@]2(N1)C1=CC=CCC1=CCCc1ccccc12. The van der Waals surface area contributed by atoms with Crippen molar-refractivity contribution in [3.8, 4) is 0 Å². The van der Waals surface area contributed by atoms with Gasteiger partial charge in [-0.05, 0) is 41.5 Å². The Morgan fingerprint density at radius 2 is 2.00 bits per heavy atom. The maximum Gasteiger partial charge on any atom is 0.322 e. The summed E-state index contributed by atoms with van der Waals surface area (Å²) in [4.78, 5) is 24.7. The zero-order chi connectivity index (χ0) is 15.2. The second-order valence-electron chi connectivity index (χ2n) is 5.80. The van der Waals surface area contributed by atoms with Gasteiger partial charge in [-0.15, -0.1) is 0 Å². The van der Waals surface area contributed by atoms with E-state index in [1.54, 1.807) is 0 Å². The molecule has 1 heterocycles. The van der Waals surface area contributed by atoms with Crippen LogP contribution in [0.25, 0.3) is 0 Å². The molecule has 3 aliphatic rings. The van der Waals surface area contributed by atoms with Gasteiger partial charge in [-0.1, -0.05) is 48.6 Å². The summed E-state index contributed by atoms with van der Waals surface area (Å²) in [5.74, 6) is -0.292. The molecule has 1 aliphatic heterocycles. The van der Waals surface area contributed by atoms with Gasteiger partial charge in [0, 0.05) is 0 Å². The molecule has 110 valence electrons.